The SMILES string of the molecule is CC(=O)Nc1ccc(CNC(C)[C@H]2COC(C)(C)O2)cn1. The predicted molar refractivity (Wildman–Crippen MR) is 79.7 cm³/mol. The van der Waals surface area contributed by atoms with Crippen LogP contribution in [0.2, 0.25) is 0 Å². The molecule has 2 atom stereocenters. The molecule has 1 saturated heterocycles. The van der Waals surface area contributed by atoms with E-state index in [-0.39, 0.29) is 18.1 Å². The molecule has 1 aliphatic heterocycles. The number of carbonyl (C=O) groups excluding carboxylic acids is 1. The van der Waals surface area contributed by atoms with Crippen LogP contribution in [0.4, 0.5) is 5.82 Å². The van der Waals surface area contributed by atoms with E-state index in [2.05, 4.69) is 22.5 Å². The van der Waals surface area contributed by atoms with Crippen molar-refractivity contribution >= 4 is 11.7 Å². The molecule has 1 aliphatic rings. The Morgan fingerprint density at radius 3 is 2.81 bits per heavy atom. The Hall–Kier alpha value is -1.50. The molecule has 1 unspecified atom stereocenters. The normalized spacial score (nSPS) is 22.0. The predicted octanol–water partition coefficient (Wildman–Crippen LogP) is 1.67. The maximum Gasteiger partial charge on any atom is 0.222 e. The summed E-state index contributed by atoms with van der Waals surface area (Å²) in [6.45, 7) is 8.67. The maximum atomic E-state index is 10.9. The van der Waals surface area contributed by atoms with Gasteiger partial charge in [-0.2, -0.15) is 0 Å². The first-order valence-electron chi connectivity index (χ1n) is 7.13. The molecule has 0 bridgehead atoms. The zero-order chi connectivity index (χ0) is 15.5. The lowest BCUT2D eigenvalue weighted by molar-refractivity contribution is -0.141. The molecule has 1 aromatic heterocycles. The topological polar surface area (TPSA) is 72.5 Å². The van der Waals surface area contributed by atoms with Crippen molar-refractivity contribution in [1.29, 1.82) is 0 Å². The highest BCUT2D eigenvalue weighted by Crippen LogP contribution is 2.24. The van der Waals surface area contributed by atoms with Crippen LogP contribution in [-0.4, -0.2) is 35.4 Å². The summed E-state index contributed by atoms with van der Waals surface area (Å²) in [4.78, 5) is 15.1. The van der Waals surface area contributed by atoms with Crippen LogP contribution in [0, 0.1) is 0 Å². The molecule has 2 N–H and O–H groups in total. The quantitative estimate of drug-likeness (QED) is 0.864. The number of nitrogens with zero attached hydrogens (tertiary/aromatic N) is 1. The molecule has 0 saturated carbocycles. The van der Waals surface area contributed by atoms with E-state index in [1.54, 1.807) is 12.3 Å². The summed E-state index contributed by atoms with van der Waals surface area (Å²) < 4.78 is 11.4. The third-order valence-electron chi connectivity index (χ3n) is 3.35. The van der Waals surface area contributed by atoms with E-state index in [4.69, 9.17) is 9.47 Å². The number of amides is 1. The molecule has 1 fully saturated rings. The minimum Gasteiger partial charge on any atom is -0.348 e. The van der Waals surface area contributed by atoms with Crippen molar-refractivity contribution in [3.8, 4) is 0 Å². The summed E-state index contributed by atoms with van der Waals surface area (Å²) in [7, 11) is 0. The second kappa shape index (κ2) is 6.51. The van der Waals surface area contributed by atoms with Crippen LogP contribution in [0.25, 0.3) is 0 Å². The fourth-order valence-electron chi connectivity index (χ4n) is 2.16. The molecule has 2 heterocycles. The van der Waals surface area contributed by atoms with E-state index in [1.165, 1.54) is 6.92 Å². The Kier molecular flexibility index (Phi) is 4.92. The minimum absolute atomic E-state index is 0.0478. The number of anilines is 1. The zero-order valence-corrected chi connectivity index (χ0v) is 13.0. The lowest BCUT2D eigenvalue weighted by atomic mass is 10.2. The third-order valence-corrected chi connectivity index (χ3v) is 3.35. The highest BCUT2D eigenvalue weighted by atomic mass is 16.7. The van der Waals surface area contributed by atoms with Gasteiger partial charge in [-0.15, -0.1) is 0 Å². The maximum absolute atomic E-state index is 10.9. The van der Waals surface area contributed by atoms with E-state index in [0.29, 0.717) is 19.0 Å². The summed E-state index contributed by atoms with van der Waals surface area (Å²) in [5, 5.41) is 6.05. The molecule has 2 rings (SSSR count). The average molecular weight is 293 g/mol. The van der Waals surface area contributed by atoms with Crippen LogP contribution in [0.15, 0.2) is 18.3 Å². The molecular formula is C15H23N3O3. The van der Waals surface area contributed by atoms with Gasteiger partial charge in [-0.3, -0.25) is 4.79 Å². The number of aromatic nitrogens is 1. The van der Waals surface area contributed by atoms with E-state index >= 15 is 0 Å². The first-order valence-corrected chi connectivity index (χ1v) is 7.13. The first kappa shape index (κ1) is 15.9. The Balaban J connectivity index is 1.81. The van der Waals surface area contributed by atoms with Crippen LogP contribution in [0.5, 0.6) is 0 Å². The fourth-order valence-corrected chi connectivity index (χ4v) is 2.16. The fraction of sp³-hybridized carbons (Fsp3) is 0.600. The standard InChI is InChI=1S/C15H23N3O3/c1-10(13-9-20-15(3,4)21-13)16-7-12-5-6-14(17-8-12)18-11(2)19/h5-6,8,10,13,16H,7,9H2,1-4H3,(H,17,18,19)/t10?,13-/m1/s1. The van der Waals surface area contributed by atoms with Crippen LogP contribution < -0.4 is 10.6 Å². The average Bonchev–Trinajstić information content (AvgIpc) is 2.77. The van der Waals surface area contributed by atoms with Gasteiger partial charge < -0.3 is 20.1 Å². The molecule has 1 amide bonds. The van der Waals surface area contributed by atoms with Gasteiger partial charge in [0.05, 0.1) is 12.7 Å². The van der Waals surface area contributed by atoms with E-state index in [0.717, 1.165) is 5.56 Å². The summed E-state index contributed by atoms with van der Waals surface area (Å²) in [6.07, 6.45) is 1.80. The lowest BCUT2D eigenvalue weighted by Gasteiger charge is -2.22. The van der Waals surface area contributed by atoms with Crippen molar-refractivity contribution in [2.24, 2.45) is 0 Å². The van der Waals surface area contributed by atoms with E-state index in [1.807, 2.05) is 19.9 Å². The monoisotopic (exact) mass is 293 g/mol. The van der Waals surface area contributed by atoms with Gasteiger partial charge >= 0.3 is 0 Å². The molecule has 0 radical (unpaired) electrons. The molecule has 1 aromatic rings. The zero-order valence-electron chi connectivity index (χ0n) is 13.0. The molecule has 0 spiro atoms. The van der Waals surface area contributed by atoms with E-state index in [9.17, 15) is 4.79 Å². The minimum atomic E-state index is -0.498. The van der Waals surface area contributed by atoms with Crippen molar-refractivity contribution < 1.29 is 14.3 Å². The lowest BCUT2D eigenvalue weighted by Crippen LogP contribution is -2.39. The molecule has 116 valence electrons. The number of carbonyl (C=O) groups is 1. The van der Waals surface area contributed by atoms with Gasteiger partial charge in [0.2, 0.25) is 5.91 Å². The number of nitrogens with one attached hydrogen (secondary N) is 2. The molecule has 0 aromatic carbocycles. The second-order valence-electron chi connectivity index (χ2n) is 5.77. The van der Waals surface area contributed by atoms with Crippen molar-refractivity contribution in [2.45, 2.75) is 52.2 Å². The highest BCUT2D eigenvalue weighted by molar-refractivity contribution is 5.87. The summed E-state index contributed by atoms with van der Waals surface area (Å²) in [5.41, 5.74) is 1.05. The van der Waals surface area contributed by atoms with Gasteiger partial charge in [-0.25, -0.2) is 4.98 Å². The largest absolute Gasteiger partial charge is 0.348 e. The molecule has 21 heavy (non-hydrogen) atoms. The number of ether oxygens (including phenoxy) is 2. The number of rotatable bonds is 5. The van der Waals surface area contributed by atoms with Gasteiger partial charge in [-0.05, 0) is 32.4 Å². The Morgan fingerprint density at radius 1 is 1.52 bits per heavy atom. The Bertz CT molecular complexity index is 487. The Morgan fingerprint density at radius 2 is 2.29 bits per heavy atom. The third kappa shape index (κ3) is 4.77. The van der Waals surface area contributed by atoms with Gasteiger partial charge in [0.25, 0.3) is 0 Å². The Labute approximate surface area is 125 Å². The summed E-state index contributed by atoms with van der Waals surface area (Å²) in [6, 6.07) is 3.91. The van der Waals surface area contributed by atoms with Gasteiger partial charge in [0.1, 0.15) is 5.82 Å². The second-order valence-corrected chi connectivity index (χ2v) is 5.77. The van der Waals surface area contributed by atoms with Crippen LogP contribution in [0.3, 0.4) is 0 Å². The van der Waals surface area contributed by atoms with Crippen LogP contribution in [0.1, 0.15) is 33.3 Å². The van der Waals surface area contributed by atoms with Crippen molar-refractivity contribution in [3.63, 3.8) is 0 Å². The number of hydrogen-bond acceptors (Lipinski definition) is 5. The first-order chi connectivity index (χ1) is 9.85. The van der Waals surface area contributed by atoms with Crippen LogP contribution >= 0.6 is 0 Å². The smallest absolute Gasteiger partial charge is 0.222 e. The van der Waals surface area contributed by atoms with Gasteiger partial charge in [0, 0.05) is 25.7 Å². The van der Waals surface area contributed by atoms with E-state index < -0.39 is 5.79 Å². The van der Waals surface area contributed by atoms with Crippen molar-refractivity contribution in [2.75, 3.05) is 11.9 Å². The molecular weight excluding hydrogens is 270 g/mol. The van der Waals surface area contributed by atoms with Crippen LogP contribution in [-0.2, 0) is 20.8 Å². The van der Waals surface area contributed by atoms with Crippen molar-refractivity contribution in [3.05, 3.63) is 23.9 Å². The molecule has 6 heteroatoms. The molecule has 6 nitrogen and oxygen atoms in total. The molecule has 0 aliphatic carbocycles. The van der Waals surface area contributed by atoms with Crippen molar-refractivity contribution in [1.82, 2.24) is 10.3 Å². The summed E-state index contributed by atoms with van der Waals surface area (Å²) in [5.74, 6) is -0.0566. The number of hydrogen-bond donors (Lipinski definition) is 2. The summed E-state index contributed by atoms with van der Waals surface area (Å²) >= 11 is 0. The highest BCUT2D eigenvalue weighted by Gasteiger charge is 2.35. The number of pyridine rings is 1. The van der Waals surface area contributed by atoms with Gasteiger partial charge in [-0.1, -0.05) is 6.07 Å². The van der Waals surface area contributed by atoms with Gasteiger partial charge in [0.15, 0.2) is 5.79 Å².